The average Bonchev–Trinajstić information content (AvgIpc) is 2.99. The molecule has 0 aliphatic carbocycles. The molecule has 5 heteroatoms. The van der Waals surface area contributed by atoms with Crippen molar-refractivity contribution in [2.75, 3.05) is 7.11 Å². The molecule has 0 saturated heterocycles. The summed E-state index contributed by atoms with van der Waals surface area (Å²) in [7, 11) is 1.34. The fraction of sp³-hybridized carbons (Fsp3) is 0.250. The number of rotatable bonds is 5. The number of furan rings is 2. The molecule has 0 spiro atoms. The summed E-state index contributed by atoms with van der Waals surface area (Å²) in [6.07, 6.45) is 4.69. The Morgan fingerprint density at radius 1 is 1.41 bits per heavy atom. The summed E-state index contributed by atoms with van der Waals surface area (Å²) in [5.74, 6) is 0.295. The Labute approximate surface area is 98.4 Å². The monoisotopic (exact) mass is 235 g/mol. The van der Waals surface area contributed by atoms with Gasteiger partial charge in [-0.15, -0.1) is 0 Å². The van der Waals surface area contributed by atoms with E-state index in [9.17, 15) is 4.79 Å². The molecule has 0 unspecified atom stereocenters. The van der Waals surface area contributed by atoms with Crippen molar-refractivity contribution in [3.8, 4) is 0 Å². The number of methoxy groups -OCH3 is 1. The molecule has 2 aromatic heterocycles. The lowest BCUT2D eigenvalue weighted by Crippen LogP contribution is -2.11. The van der Waals surface area contributed by atoms with Crippen LogP contribution in [-0.4, -0.2) is 13.1 Å². The summed E-state index contributed by atoms with van der Waals surface area (Å²) in [6, 6.07) is 3.54. The summed E-state index contributed by atoms with van der Waals surface area (Å²) in [5.41, 5.74) is 1.48. The molecule has 0 bridgehead atoms. The zero-order valence-electron chi connectivity index (χ0n) is 9.43. The van der Waals surface area contributed by atoms with Crippen molar-refractivity contribution in [3.05, 3.63) is 47.8 Å². The van der Waals surface area contributed by atoms with E-state index in [1.807, 2.05) is 6.07 Å². The lowest BCUT2D eigenvalue weighted by molar-refractivity contribution is 0.0600. The van der Waals surface area contributed by atoms with E-state index in [1.54, 1.807) is 18.6 Å². The minimum Gasteiger partial charge on any atom is -0.472 e. The summed E-state index contributed by atoms with van der Waals surface area (Å²) < 4.78 is 14.7. The first-order valence-electron chi connectivity index (χ1n) is 5.17. The van der Waals surface area contributed by atoms with Crippen molar-refractivity contribution in [3.63, 3.8) is 0 Å². The molecule has 2 heterocycles. The van der Waals surface area contributed by atoms with Crippen molar-refractivity contribution < 1.29 is 18.4 Å². The minimum atomic E-state index is -0.394. The van der Waals surface area contributed by atoms with Gasteiger partial charge in [-0.3, -0.25) is 0 Å². The van der Waals surface area contributed by atoms with Gasteiger partial charge in [-0.05, 0) is 12.1 Å². The molecule has 2 rings (SSSR count). The van der Waals surface area contributed by atoms with Crippen LogP contribution in [0.25, 0.3) is 0 Å². The highest BCUT2D eigenvalue weighted by Gasteiger charge is 2.09. The number of hydrogen-bond acceptors (Lipinski definition) is 5. The Morgan fingerprint density at radius 2 is 2.29 bits per heavy atom. The maximum absolute atomic E-state index is 11.2. The van der Waals surface area contributed by atoms with Gasteiger partial charge < -0.3 is 18.9 Å². The molecule has 0 saturated carbocycles. The van der Waals surface area contributed by atoms with Gasteiger partial charge in [0.15, 0.2) is 0 Å². The van der Waals surface area contributed by atoms with Crippen molar-refractivity contribution >= 4 is 5.97 Å². The predicted octanol–water partition coefficient (Wildman–Crippen LogP) is 1.95. The first-order chi connectivity index (χ1) is 8.29. The van der Waals surface area contributed by atoms with Crippen LogP contribution in [0, 0.1) is 0 Å². The lowest BCUT2D eigenvalue weighted by atomic mass is 10.3. The van der Waals surface area contributed by atoms with Crippen LogP contribution in [0.5, 0.6) is 0 Å². The average molecular weight is 235 g/mol. The molecule has 0 aliphatic heterocycles. The smallest absolute Gasteiger partial charge is 0.341 e. The highest BCUT2D eigenvalue weighted by molar-refractivity contribution is 5.88. The molecule has 0 fully saturated rings. The van der Waals surface area contributed by atoms with Crippen LogP contribution in [0.15, 0.2) is 39.8 Å². The molecule has 2 aromatic rings. The SMILES string of the molecule is COC(=O)c1coc(CNCc2ccoc2)c1. The van der Waals surface area contributed by atoms with E-state index in [0.29, 0.717) is 24.4 Å². The van der Waals surface area contributed by atoms with Crippen LogP contribution >= 0.6 is 0 Å². The molecule has 0 aliphatic rings. The second-order valence-electron chi connectivity index (χ2n) is 3.53. The van der Waals surface area contributed by atoms with Gasteiger partial charge in [0, 0.05) is 12.1 Å². The number of ether oxygens (including phenoxy) is 1. The standard InChI is InChI=1S/C12H13NO4/c1-15-12(14)10-4-11(17-8-10)6-13-5-9-2-3-16-7-9/h2-4,7-8,13H,5-6H2,1H3. The van der Waals surface area contributed by atoms with Crippen LogP contribution in [0.2, 0.25) is 0 Å². The van der Waals surface area contributed by atoms with E-state index >= 15 is 0 Å². The Balaban J connectivity index is 1.83. The zero-order valence-corrected chi connectivity index (χ0v) is 9.43. The Bertz CT molecular complexity index is 472. The van der Waals surface area contributed by atoms with Gasteiger partial charge in [0.25, 0.3) is 0 Å². The number of esters is 1. The number of carbonyl (C=O) groups is 1. The van der Waals surface area contributed by atoms with Gasteiger partial charge in [0.2, 0.25) is 0 Å². The van der Waals surface area contributed by atoms with Crippen LogP contribution in [-0.2, 0) is 17.8 Å². The zero-order chi connectivity index (χ0) is 12.1. The Morgan fingerprint density at radius 3 is 3.00 bits per heavy atom. The lowest BCUT2D eigenvalue weighted by Gasteiger charge is -1.98. The first-order valence-corrected chi connectivity index (χ1v) is 5.17. The van der Waals surface area contributed by atoms with Gasteiger partial charge in [0.1, 0.15) is 12.0 Å². The molecule has 0 radical (unpaired) electrons. The van der Waals surface area contributed by atoms with Crippen LogP contribution < -0.4 is 5.32 Å². The molecule has 1 N–H and O–H groups in total. The third kappa shape index (κ3) is 2.98. The van der Waals surface area contributed by atoms with E-state index in [0.717, 1.165) is 5.56 Å². The molecule has 90 valence electrons. The third-order valence-electron chi connectivity index (χ3n) is 2.28. The minimum absolute atomic E-state index is 0.394. The van der Waals surface area contributed by atoms with Gasteiger partial charge in [0.05, 0.1) is 31.7 Å². The van der Waals surface area contributed by atoms with Crippen LogP contribution in [0.4, 0.5) is 0 Å². The second kappa shape index (κ2) is 5.36. The van der Waals surface area contributed by atoms with E-state index in [2.05, 4.69) is 10.1 Å². The molecule has 0 atom stereocenters. The summed E-state index contributed by atoms with van der Waals surface area (Å²) in [5, 5.41) is 3.17. The van der Waals surface area contributed by atoms with E-state index in [4.69, 9.17) is 8.83 Å². The normalized spacial score (nSPS) is 10.4. The van der Waals surface area contributed by atoms with Crippen molar-refractivity contribution in [2.45, 2.75) is 13.1 Å². The predicted molar refractivity (Wildman–Crippen MR) is 59.3 cm³/mol. The van der Waals surface area contributed by atoms with Gasteiger partial charge >= 0.3 is 5.97 Å². The Hall–Kier alpha value is -2.01. The van der Waals surface area contributed by atoms with Crippen molar-refractivity contribution in [2.24, 2.45) is 0 Å². The molecule has 0 amide bonds. The largest absolute Gasteiger partial charge is 0.472 e. The summed E-state index contributed by atoms with van der Waals surface area (Å²) >= 11 is 0. The maximum Gasteiger partial charge on any atom is 0.341 e. The highest BCUT2D eigenvalue weighted by Crippen LogP contribution is 2.09. The van der Waals surface area contributed by atoms with Gasteiger partial charge in [-0.2, -0.15) is 0 Å². The van der Waals surface area contributed by atoms with Gasteiger partial charge in [-0.1, -0.05) is 0 Å². The van der Waals surface area contributed by atoms with Gasteiger partial charge in [-0.25, -0.2) is 4.79 Å². The molecular weight excluding hydrogens is 222 g/mol. The molecule has 17 heavy (non-hydrogen) atoms. The van der Waals surface area contributed by atoms with Crippen LogP contribution in [0.3, 0.4) is 0 Å². The second-order valence-corrected chi connectivity index (χ2v) is 3.53. The summed E-state index contributed by atoms with van der Waals surface area (Å²) in [6.45, 7) is 1.23. The fourth-order valence-electron chi connectivity index (χ4n) is 1.42. The number of nitrogens with one attached hydrogen (secondary N) is 1. The fourth-order valence-corrected chi connectivity index (χ4v) is 1.42. The van der Waals surface area contributed by atoms with E-state index < -0.39 is 5.97 Å². The van der Waals surface area contributed by atoms with E-state index in [-0.39, 0.29) is 0 Å². The first kappa shape index (κ1) is 11.5. The highest BCUT2D eigenvalue weighted by atomic mass is 16.5. The van der Waals surface area contributed by atoms with E-state index in [1.165, 1.54) is 13.4 Å². The van der Waals surface area contributed by atoms with Crippen molar-refractivity contribution in [1.29, 1.82) is 0 Å². The van der Waals surface area contributed by atoms with Crippen molar-refractivity contribution in [1.82, 2.24) is 5.32 Å². The number of carbonyl (C=O) groups excluding carboxylic acids is 1. The quantitative estimate of drug-likeness (QED) is 0.802. The third-order valence-corrected chi connectivity index (χ3v) is 2.28. The molecule has 5 nitrogen and oxygen atoms in total. The topological polar surface area (TPSA) is 64.6 Å². The number of hydrogen-bond donors (Lipinski definition) is 1. The maximum atomic E-state index is 11.2. The summed E-state index contributed by atoms with van der Waals surface area (Å²) in [4.78, 5) is 11.2. The van der Waals surface area contributed by atoms with Crippen LogP contribution in [0.1, 0.15) is 21.7 Å². The molecule has 0 aromatic carbocycles. The molecular formula is C12H13NO4. The Kier molecular flexibility index (Phi) is 3.62.